The molecular formula is C40H38N2O. The first kappa shape index (κ1) is 28.1. The maximum Gasteiger partial charge on any atom is 0.133 e. The minimum absolute atomic E-state index is 0.826. The fourth-order valence-electron chi connectivity index (χ4n) is 5.97. The molecule has 0 atom stereocenters. The molecule has 1 aliphatic heterocycles. The van der Waals surface area contributed by atoms with Gasteiger partial charge in [-0.15, -0.1) is 0 Å². The molecule has 0 spiro atoms. The second-order valence-corrected chi connectivity index (χ2v) is 11.1. The van der Waals surface area contributed by atoms with E-state index in [2.05, 4.69) is 159 Å². The molecule has 0 aliphatic carbocycles. The van der Waals surface area contributed by atoms with Gasteiger partial charge in [-0.1, -0.05) is 85.8 Å². The van der Waals surface area contributed by atoms with Gasteiger partial charge in [0.25, 0.3) is 0 Å². The van der Waals surface area contributed by atoms with E-state index in [-0.39, 0.29) is 0 Å². The van der Waals surface area contributed by atoms with Gasteiger partial charge in [0, 0.05) is 52.3 Å². The van der Waals surface area contributed by atoms with Crippen molar-refractivity contribution < 1.29 is 4.74 Å². The van der Waals surface area contributed by atoms with Crippen molar-refractivity contribution in [3.63, 3.8) is 0 Å². The second kappa shape index (κ2) is 12.1. The summed E-state index contributed by atoms with van der Waals surface area (Å²) in [6.07, 6.45) is 12.4. The molecule has 2 heterocycles. The van der Waals surface area contributed by atoms with Crippen molar-refractivity contribution >= 4 is 34.4 Å². The Morgan fingerprint density at radius 2 is 1.60 bits per heavy atom. The third-order valence-electron chi connectivity index (χ3n) is 7.98. The van der Waals surface area contributed by atoms with Gasteiger partial charge in [0.1, 0.15) is 11.5 Å². The van der Waals surface area contributed by atoms with Crippen LogP contribution in [0.1, 0.15) is 56.5 Å². The Labute approximate surface area is 255 Å². The van der Waals surface area contributed by atoms with E-state index in [1.807, 2.05) is 6.08 Å². The lowest BCUT2D eigenvalue weighted by Gasteiger charge is -2.29. The highest BCUT2D eigenvalue weighted by atomic mass is 16.5. The van der Waals surface area contributed by atoms with Crippen molar-refractivity contribution in [2.75, 3.05) is 4.90 Å². The van der Waals surface area contributed by atoms with E-state index in [4.69, 9.17) is 4.74 Å². The minimum Gasteiger partial charge on any atom is -0.457 e. The summed E-state index contributed by atoms with van der Waals surface area (Å²) in [5.74, 6) is 1.79. The molecule has 0 saturated heterocycles. The van der Waals surface area contributed by atoms with Gasteiger partial charge >= 0.3 is 0 Å². The van der Waals surface area contributed by atoms with Crippen LogP contribution in [0.15, 0.2) is 127 Å². The van der Waals surface area contributed by atoms with E-state index >= 15 is 0 Å². The molecule has 0 saturated carbocycles. The van der Waals surface area contributed by atoms with Crippen LogP contribution < -0.4 is 9.64 Å². The third kappa shape index (κ3) is 5.23. The smallest absolute Gasteiger partial charge is 0.133 e. The number of hydrogen-bond donors (Lipinski definition) is 0. The third-order valence-corrected chi connectivity index (χ3v) is 7.98. The van der Waals surface area contributed by atoms with Gasteiger partial charge in [-0.3, -0.25) is 0 Å². The number of rotatable bonds is 8. The van der Waals surface area contributed by atoms with Crippen LogP contribution in [0.5, 0.6) is 11.5 Å². The predicted molar refractivity (Wildman–Crippen MR) is 184 cm³/mol. The van der Waals surface area contributed by atoms with E-state index in [0.717, 1.165) is 52.6 Å². The Morgan fingerprint density at radius 3 is 2.33 bits per heavy atom. The molecule has 0 amide bonds. The van der Waals surface area contributed by atoms with Crippen molar-refractivity contribution in [1.29, 1.82) is 0 Å². The lowest BCUT2D eigenvalue weighted by atomic mass is 9.99. The molecule has 0 fully saturated rings. The maximum atomic E-state index is 6.71. The number of hydrogen-bond acceptors (Lipinski definition) is 2. The fraction of sp³-hybridized carbons (Fsp3) is 0.150. The molecule has 0 bridgehead atoms. The largest absolute Gasteiger partial charge is 0.457 e. The SMILES string of the molecule is C=Cc1c(/C=C\C)c2ccccc2n1-c1ccc2c(c1)Oc1cc(N(C(/C=C\CC)=C(C)C)c3ccccc3)ccc1C2. The van der Waals surface area contributed by atoms with Crippen molar-refractivity contribution in [1.82, 2.24) is 4.57 Å². The predicted octanol–water partition coefficient (Wildman–Crippen LogP) is 11.4. The van der Waals surface area contributed by atoms with Crippen LogP contribution in [0.3, 0.4) is 0 Å². The van der Waals surface area contributed by atoms with Crippen LogP contribution in [-0.4, -0.2) is 4.57 Å². The van der Waals surface area contributed by atoms with Crippen LogP contribution in [0, 0.1) is 0 Å². The zero-order valence-electron chi connectivity index (χ0n) is 25.5. The lowest BCUT2D eigenvalue weighted by Crippen LogP contribution is -2.17. The minimum atomic E-state index is 0.826. The monoisotopic (exact) mass is 562 g/mol. The second-order valence-electron chi connectivity index (χ2n) is 11.1. The summed E-state index contributed by atoms with van der Waals surface area (Å²) < 4.78 is 9.00. The molecule has 6 rings (SSSR count). The number of para-hydroxylation sites is 2. The van der Waals surface area contributed by atoms with Crippen LogP contribution in [0.25, 0.3) is 28.7 Å². The first-order chi connectivity index (χ1) is 21.0. The number of benzene rings is 4. The number of anilines is 2. The van der Waals surface area contributed by atoms with Gasteiger partial charge in [-0.05, 0) is 80.8 Å². The summed E-state index contributed by atoms with van der Waals surface area (Å²) in [6.45, 7) is 12.7. The summed E-state index contributed by atoms with van der Waals surface area (Å²) in [4.78, 5) is 2.32. The summed E-state index contributed by atoms with van der Waals surface area (Å²) in [5, 5.41) is 1.21. The number of allylic oxidation sites excluding steroid dienone is 4. The Hall–Kier alpha value is -5.02. The number of nitrogens with zero attached hydrogens (tertiary/aromatic N) is 2. The first-order valence-corrected chi connectivity index (χ1v) is 15.1. The molecule has 3 heteroatoms. The highest BCUT2D eigenvalue weighted by Gasteiger charge is 2.22. The first-order valence-electron chi connectivity index (χ1n) is 15.1. The Bertz CT molecular complexity index is 1900. The van der Waals surface area contributed by atoms with Gasteiger partial charge in [0.15, 0.2) is 0 Å². The maximum absolute atomic E-state index is 6.71. The highest BCUT2D eigenvalue weighted by molar-refractivity contribution is 5.95. The van der Waals surface area contributed by atoms with E-state index < -0.39 is 0 Å². The summed E-state index contributed by atoms with van der Waals surface area (Å²) >= 11 is 0. The fourth-order valence-corrected chi connectivity index (χ4v) is 5.97. The van der Waals surface area contributed by atoms with Crippen molar-refractivity contribution in [3.05, 3.63) is 149 Å². The van der Waals surface area contributed by atoms with Crippen molar-refractivity contribution in [3.8, 4) is 17.2 Å². The van der Waals surface area contributed by atoms with E-state index in [1.165, 1.54) is 33.3 Å². The van der Waals surface area contributed by atoms with Crippen molar-refractivity contribution in [2.24, 2.45) is 0 Å². The molecular weight excluding hydrogens is 524 g/mol. The molecule has 0 unspecified atom stereocenters. The lowest BCUT2D eigenvalue weighted by molar-refractivity contribution is 0.460. The molecule has 4 aromatic carbocycles. The van der Waals surface area contributed by atoms with E-state index in [1.54, 1.807) is 0 Å². The van der Waals surface area contributed by atoms with Gasteiger partial charge < -0.3 is 14.2 Å². The summed E-state index contributed by atoms with van der Waals surface area (Å²) in [6, 6.07) is 32.3. The highest BCUT2D eigenvalue weighted by Crippen LogP contribution is 2.42. The van der Waals surface area contributed by atoms with Crippen molar-refractivity contribution in [2.45, 2.75) is 40.5 Å². The molecule has 0 radical (unpaired) electrons. The molecule has 214 valence electrons. The molecule has 1 aliphatic rings. The molecule has 43 heavy (non-hydrogen) atoms. The van der Waals surface area contributed by atoms with E-state index in [9.17, 15) is 0 Å². The van der Waals surface area contributed by atoms with Crippen LogP contribution >= 0.6 is 0 Å². The summed E-state index contributed by atoms with van der Waals surface area (Å²) in [7, 11) is 0. The molecule has 1 aromatic heterocycles. The standard InChI is InChI=1S/C40H38N2O/c1-6-9-19-37(28(4)5)41(31-16-11-10-12-17-31)32-23-21-29-25-30-22-24-33(27-40(30)43-39(29)26-32)42-36(8-3)34(15-7-2)35-18-13-14-20-38(35)42/h7-24,26-27H,3,6,25H2,1-2,4-5H3/b15-7-,19-9-. The number of ether oxygens (including phenoxy) is 1. The topological polar surface area (TPSA) is 17.4 Å². The zero-order chi connectivity index (χ0) is 29.9. The van der Waals surface area contributed by atoms with Crippen LogP contribution in [-0.2, 0) is 6.42 Å². The molecule has 0 N–H and O–H groups in total. The molecule has 5 aromatic rings. The average molecular weight is 563 g/mol. The number of aromatic nitrogens is 1. The van der Waals surface area contributed by atoms with Gasteiger partial charge in [0.2, 0.25) is 0 Å². The van der Waals surface area contributed by atoms with Crippen LogP contribution in [0.4, 0.5) is 11.4 Å². The van der Waals surface area contributed by atoms with E-state index in [0.29, 0.717) is 0 Å². The molecule has 3 nitrogen and oxygen atoms in total. The van der Waals surface area contributed by atoms with Crippen LogP contribution in [0.2, 0.25) is 0 Å². The number of fused-ring (bicyclic) bond motifs is 3. The Kier molecular flexibility index (Phi) is 7.89. The summed E-state index contributed by atoms with van der Waals surface area (Å²) in [5.41, 5.74) is 11.4. The van der Waals surface area contributed by atoms with Gasteiger partial charge in [-0.25, -0.2) is 0 Å². The normalized spacial score (nSPS) is 12.3. The van der Waals surface area contributed by atoms with Gasteiger partial charge in [-0.2, -0.15) is 0 Å². The average Bonchev–Trinajstić information content (AvgIpc) is 3.35. The van der Waals surface area contributed by atoms with Gasteiger partial charge in [0.05, 0.1) is 11.2 Å². The quantitative estimate of drug-likeness (QED) is 0.172. The zero-order valence-corrected chi connectivity index (χ0v) is 25.5. The Balaban J connectivity index is 1.44. The Morgan fingerprint density at radius 1 is 0.884 bits per heavy atom.